The summed E-state index contributed by atoms with van der Waals surface area (Å²) in [5.74, 6) is 1.40. The van der Waals surface area contributed by atoms with Crippen LogP contribution in [0, 0.1) is 0 Å². The van der Waals surface area contributed by atoms with E-state index in [-0.39, 0.29) is 0 Å². The van der Waals surface area contributed by atoms with Gasteiger partial charge in [0, 0.05) is 11.6 Å². The predicted octanol–water partition coefficient (Wildman–Crippen LogP) is 2.35. The zero-order valence-electron chi connectivity index (χ0n) is 10.9. The van der Waals surface area contributed by atoms with E-state index >= 15 is 0 Å². The van der Waals surface area contributed by atoms with Crippen molar-refractivity contribution in [3.8, 4) is 0 Å². The van der Waals surface area contributed by atoms with Gasteiger partial charge in [-0.2, -0.15) is 4.37 Å². The molecule has 1 heterocycles. The molecule has 1 atom stereocenters. The van der Waals surface area contributed by atoms with Gasteiger partial charge in [0.1, 0.15) is 10.8 Å². The van der Waals surface area contributed by atoms with Gasteiger partial charge in [0.15, 0.2) is 0 Å². The van der Waals surface area contributed by atoms with E-state index in [9.17, 15) is 0 Å². The normalized spacial score (nSPS) is 17.4. The first-order chi connectivity index (χ1) is 8.08. The van der Waals surface area contributed by atoms with Crippen molar-refractivity contribution in [1.82, 2.24) is 9.27 Å². The summed E-state index contributed by atoms with van der Waals surface area (Å²) < 4.78 is 4.27. The van der Waals surface area contributed by atoms with Crippen LogP contribution in [0.25, 0.3) is 0 Å². The summed E-state index contributed by atoms with van der Waals surface area (Å²) in [6, 6.07) is 0.467. The summed E-state index contributed by atoms with van der Waals surface area (Å²) in [7, 11) is 4.21. The Morgan fingerprint density at radius 2 is 2.24 bits per heavy atom. The van der Waals surface area contributed by atoms with Gasteiger partial charge in [-0.3, -0.25) is 0 Å². The van der Waals surface area contributed by atoms with Crippen LogP contribution >= 0.6 is 11.5 Å². The van der Waals surface area contributed by atoms with Crippen LogP contribution in [0.3, 0.4) is 0 Å². The molecule has 0 aromatic carbocycles. The fourth-order valence-electron chi connectivity index (χ4n) is 1.93. The number of nitrogens with one attached hydrogen (secondary N) is 1. The first-order valence-corrected chi connectivity index (χ1v) is 7.01. The molecule has 1 aliphatic carbocycles. The minimum atomic E-state index is 0.467. The summed E-state index contributed by atoms with van der Waals surface area (Å²) in [5.41, 5.74) is 7.20. The lowest BCUT2D eigenvalue weighted by Gasteiger charge is -2.17. The fraction of sp³-hybridized carbons (Fsp3) is 0.750. The van der Waals surface area contributed by atoms with Gasteiger partial charge in [0.05, 0.1) is 0 Å². The van der Waals surface area contributed by atoms with E-state index in [0.717, 1.165) is 18.8 Å². The molecular formula is C12H22N4S. The Balaban J connectivity index is 1.93. The van der Waals surface area contributed by atoms with Gasteiger partial charge in [0.2, 0.25) is 0 Å². The molecule has 0 saturated heterocycles. The second kappa shape index (κ2) is 5.23. The molecule has 1 aromatic rings. The molecule has 0 bridgehead atoms. The highest BCUT2D eigenvalue weighted by molar-refractivity contribution is 7.10. The molecule has 96 valence electrons. The lowest BCUT2D eigenvalue weighted by atomic mass is 10.2. The minimum Gasteiger partial charge on any atom is -0.383 e. The maximum Gasteiger partial charge on any atom is 0.142 e. The Bertz CT molecular complexity index is 371. The zero-order chi connectivity index (χ0) is 12.4. The standard InChI is InChI=1S/C12H22N4S/c1-8(6-7-16(2)3)14-12-10(9-4-5-9)11(13)15-17-12/h8-9,14H,4-7H2,1-3H3,(H2,13,15). The molecule has 1 saturated carbocycles. The highest BCUT2D eigenvalue weighted by Gasteiger charge is 2.30. The Morgan fingerprint density at radius 1 is 1.53 bits per heavy atom. The van der Waals surface area contributed by atoms with Gasteiger partial charge in [-0.05, 0) is 64.3 Å². The van der Waals surface area contributed by atoms with Gasteiger partial charge in [-0.1, -0.05) is 0 Å². The quantitative estimate of drug-likeness (QED) is 0.818. The molecule has 4 nitrogen and oxygen atoms in total. The highest BCUT2D eigenvalue weighted by atomic mass is 32.1. The predicted molar refractivity (Wildman–Crippen MR) is 74.8 cm³/mol. The first-order valence-electron chi connectivity index (χ1n) is 6.24. The molecule has 1 aliphatic rings. The summed E-state index contributed by atoms with van der Waals surface area (Å²) in [6.07, 6.45) is 3.67. The molecule has 3 N–H and O–H groups in total. The summed E-state index contributed by atoms with van der Waals surface area (Å²) in [4.78, 5) is 2.21. The van der Waals surface area contributed by atoms with E-state index in [1.165, 1.54) is 34.9 Å². The third-order valence-electron chi connectivity index (χ3n) is 3.13. The van der Waals surface area contributed by atoms with E-state index in [2.05, 4.69) is 35.6 Å². The molecule has 2 rings (SSSR count). The largest absolute Gasteiger partial charge is 0.383 e. The van der Waals surface area contributed by atoms with Crippen LogP contribution < -0.4 is 11.1 Å². The van der Waals surface area contributed by atoms with Crippen molar-refractivity contribution >= 4 is 22.4 Å². The van der Waals surface area contributed by atoms with E-state index < -0.39 is 0 Å². The Kier molecular flexibility index (Phi) is 3.89. The SMILES string of the molecule is CC(CCN(C)C)Nc1snc(N)c1C1CC1. The number of aromatic nitrogens is 1. The summed E-state index contributed by atoms with van der Waals surface area (Å²) in [5, 5.41) is 4.75. The third-order valence-corrected chi connectivity index (χ3v) is 3.94. The van der Waals surface area contributed by atoms with E-state index in [0.29, 0.717) is 12.0 Å². The van der Waals surface area contributed by atoms with Crippen LogP contribution in [0.4, 0.5) is 10.8 Å². The fourth-order valence-corrected chi connectivity index (χ4v) is 2.84. The molecular weight excluding hydrogens is 232 g/mol. The van der Waals surface area contributed by atoms with Crippen LogP contribution in [-0.4, -0.2) is 36.0 Å². The van der Waals surface area contributed by atoms with Gasteiger partial charge < -0.3 is 16.0 Å². The van der Waals surface area contributed by atoms with Crippen molar-refractivity contribution in [2.24, 2.45) is 0 Å². The van der Waals surface area contributed by atoms with Crippen LogP contribution in [0.1, 0.15) is 37.7 Å². The van der Waals surface area contributed by atoms with Crippen molar-refractivity contribution in [3.05, 3.63) is 5.56 Å². The van der Waals surface area contributed by atoms with Crippen LogP contribution in [0.15, 0.2) is 0 Å². The Labute approximate surface area is 107 Å². The number of anilines is 2. The Hall–Kier alpha value is -0.810. The molecule has 1 unspecified atom stereocenters. The highest BCUT2D eigenvalue weighted by Crippen LogP contribution is 2.47. The average molecular weight is 254 g/mol. The van der Waals surface area contributed by atoms with Crippen molar-refractivity contribution in [3.63, 3.8) is 0 Å². The Morgan fingerprint density at radius 3 is 2.82 bits per heavy atom. The summed E-state index contributed by atoms with van der Waals surface area (Å²) in [6.45, 7) is 3.32. The second-order valence-corrected chi connectivity index (χ2v) is 6.00. The van der Waals surface area contributed by atoms with E-state index in [1.54, 1.807) is 0 Å². The molecule has 1 aromatic heterocycles. The van der Waals surface area contributed by atoms with E-state index in [4.69, 9.17) is 5.73 Å². The van der Waals surface area contributed by atoms with Gasteiger partial charge in [0.25, 0.3) is 0 Å². The molecule has 0 spiro atoms. The van der Waals surface area contributed by atoms with Crippen LogP contribution in [0.5, 0.6) is 0 Å². The molecule has 0 amide bonds. The van der Waals surface area contributed by atoms with Crippen LogP contribution in [-0.2, 0) is 0 Å². The smallest absolute Gasteiger partial charge is 0.142 e. The number of rotatable bonds is 6. The lowest BCUT2D eigenvalue weighted by molar-refractivity contribution is 0.390. The maximum atomic E-state index is 5.93. The molecule has 0 radical (unpaired) electrons. The third kappa shape index (κ3) is 3.33. The maximum absolute atomic E-state index is 5.93. The number of nitrogen functional groups attached to an aromatic ring is 1. The number of hydrogen-bond acceptors (Lipinski definition) is 5. The first kappa shape index (κ1) is 12.6. The van der Waals surface area contributed by atoms with Gasteiger partial charge in [-0.25, -0.2) is 0 Å². The van der Waals surface area contributed by atoms with Crippen molar-refractivity contribution < 1.29 is 0 Å². The van der Waals surface area contributed by atoms with Gasteiger partial charge >= 0.3 is 0 Å². The monoisotopic (exact) mass is 254 g/mol. The molecule has 0 aliphatic heterocycles. The number of nitrogens with zero attached hydrogens (tertiary/aromatic N) is 2. The summed E-state index contributed by atoms with van der Waals surface area (Å²) >= 11 is 1.51. The van der Waals surface area contributed by atoms with E-state index in [1.807, 2.05) is 0 Å². The molecule has 1 fully saturated rings. The lowest BCUT2D eigenvalue weighted by Crippen LogP contribution is -2.23. The van der Waals surface area contributed by atoms with Crippen LogP contribution in [0.2, 0.25) is 0 Å². The average Bonchev–Trinajstić information content (AvgIpc) is 3.02. The minimum absolute atomic E-state index is 0.467. The van der Waals surface area contributed by atoms with Crippen molar-refractivity contribution in [2.45, 2.75) is 38.1 Å². The zero-order valence-corrected chi connectivity index (χ0v) is 11.7. The number of hydrogen-bond donors (Lipinski definition) is 2. The topological polar surface area (TPSA) is 54.2 Å². The number of nitrogens with two attached hydrogens (primary N) is 1. The van der Waals surface area contributed by atoms with Crippen molar-refractivity contribution in [2.75, 3.05) is 31.7 Å². The van der Waals surface area contributed by atoms with Crippen molar-refractivity contribution in [1.29, 1.82) is 0 Å². The second-order valence-electron chi connectivity index (χ2n) is 5.22. The molecule has 17 heavy (non-hydrogen) atoms. The van der Waals surface area contributed by atoms with Gasteiger partial charge in [-0.15, -0.1) is 0 Å². The molecule has 5 heteroatoms.